The van der Waals surface area contributed by atoms with Gasteiger partial charge in [0.15, 0.2) is 0 Å². The van der Waals surface area contributed by atoms with Gasteiger partial charge < -0.3 is 15.4 Å². The smallest absolute Gasteiger partial charge is 0.253 e. The Morgan fingerprint density at radius 1 is 1.24 bits per heavy atom. The fourth-order valence-electron chi connectivity index (χ4n) is 1.82. The minimum absolute atomic E-state index is 0.116. The molecule has 4 nitrogen and oxygen atoms in total. The van der Waals surface area contributed by atoms with E-state index in [0.717, 1.165) is 5.75 Å². The van der Waals surface area contributed by atoms with E-state index in [2.05, 4.69) is 0 Å². The van der Waals surface area contributed by atoms with E-state index in [1.807, 2.05) is 30.3 Å². The number of halogens is 1. The van der Waals surface area contributed by atoms with Gasteiger partial charge in [-0.1, -0.05) is 29.8 Å². The number of rotatable bonds is 5. The van der Waals surface area contributed by atoms with Gasteiger partial charge in [-0.3, -0.25) is 4.79 Å². The maximum atomic E-state index is 12.2. The lowest BCUT2D eigenvalue weighted by Gasteiger charge is -2.18. The Morgan fingerprint density at radius 3 is 2.62 bits per heavy atom. The van der Waals surface area contributed by atoms with E-state index in [9.17, 15) is 4.79 Å². The zero-order chi connectivity index (χ0) is 15.2. The summed E-state index contributed by atoms with van der Waals surface area (Å²) in [6.45, 7) is 0.908. The van der Waals surface area contributed by atoms with Crippen LogP contribution in [-0.4, -0.2) is 31.0 Å². The second-order valence-electron chi connectivity index (χ2n) is 4.62. The zero-order valence-corrected chi connectivity index (χ0v) is 12.5. The van der Waals surface area contributed by atoms with Crippen LogP contribution < -0.4 is 10.5 Å². The third-order valence-corrected chi connectivity index (χ3v) is 3.37. The van der Waals surface area contributed by atoms with Crippen molar-refractivity contribution in [1.82, 2.24) is 4.90 Å². The maximum absolute atomic E-state index is 12.2. The number of hydrogen-bond donors (Lipinski definition) is 1. The predicted octanol–water partition coefficient (Wildman–Crippen LogP) is 3.07. The standard InChI is InChI=1S/C16H17ClN2O2/c1-19(9-10-21-13-5-3-2-4-6-13)16(20)12-7-8-14(17)15(18)11-12/h2-8,11H,9-10,18H2,1H3. The third kappa shape index (κ3) is 4.13. The molecule has 0 aliphatic carbocycles. The molecule has 5 heteroatoms. The minimum atomic E-state index is -0.116. The topological polar surface area (TPSA) is 55.6 Å². The van der Waals surface area contributed by atoms with Gasteiger partial charge in [0.25, 0.3) is 5.91 Å². The second-order valence-corrected chi connectivity index (χ2v) is 5.03. The van der Waals surface area contributed by atoms with Crippen LogP contribution in [0.3, 0.4) is 0 Å². The van der Waals surface area contributed by atoms with E-state index < -0.39 is 0 Å². The minimum Gasteiger partial charge on any atom is -0.492 e. The van der Waals surface area contributed by atoms with Crippen LogP contribution >= 0.6 is 11.6 Å². The second kappa shape index (κ2) is 6.99. The van der Waals surface area contributed by atoms with Gasteiger partial charge in [-0.05, 0) is 30.3 Å². The molecule has 0 aliphatic rings. The highest BCUT2D eigenvalue weighted by Gasteiger charge is 2.12. The molecular weight excluding hydrogens is 288 g/mol. The summed E-state index contributed by atoms with van der Waals surface area (Å²) in [5.41, 5.74) is 6.62. The molecule has 0 heterocycles. The highest BCUT2D eigenvalue weighted by molar-refractivity contribution is 6.33. The van der Waals surface area contributed by atoms with Gasteiger partial charge in [0, 0.05) is 12.6 Å². The third-order valence-electron chi connectivity index (χ3n) is 3.03. The monoisotopic (exact) mass is 304 g/mol. The number of hydrogen-bond acceptors (Lipinski definition) is 3. The van der Waals surface area contributed by atoms with Crippen LogP contribution in [0.1, 0.15) is 10.4 Å². The lowest BCUT2D eigenvalue weighted by atomic mass is 10.2. The molecule has 0 atom stereocenters. The van der Waals surface area contributed by atoms with Crippen LogP contribution in [0.4, 0.5) is 5.69 Å². The number of likely N-dealkylation sites (N-methyl/N-ethyl adjacent to an activating group) is 1. The molecule has 0 aromatic heterocycles. The first-order valence-electron chi connectivity index (χ1n) is 6.56. The molecule has 0 fully saturated rings. The molecule has 0 saturated carbocycles. The number of nitrogens with zero attached hydrogens (tertiary/aromatic N) is 1. The number of benzene rings is 2. The molecule has 0 unspecified atom stereocenters. The molecule has 0 spiro atoms. The predicted molar refractivity (Wildman–Crippen MR) is 84.8 cm³/mol. The fraction of sp³-hybridized carbons (Fsp3) is 0.188. The first kappa shape index (κ1) is 15.2. The summed E-state index contributed by atoms with van der Waals surface area (Å²) in [6, 6.07) is 14.4. The quantitative estimate of drug-likeness (QED) is 0.864. The highest BCUT2D eigenvalue weighted by atomic mass is 35.5. The molecule has 0 bridgehead atoms. The normalized spacial score (nSPS) is 10.2. The van der Waals surface area contributed by atoms with E-state index in [1.54, 1.807) is 30.1 Å². The summed E-state index contributed by atoms with van der Waals surface area (Å²) >= 11 is 5.85. The van der Waals surface area contributed by atoms with Crippen molar-refractivity contribution in [3.05, 3.63) is 59.1 Å². The Hall–Kier alpha value is -2.20. The molecule has 21 heavy (non-hydrogen) atoms. The Balaban J connectivity index is 1.89. The molecule has 1 amide bonds. The zero-order valence-electron chi connectivity index (χ0n) is 11.8. The van der Waals surface area contributed by atoms with Crippen molar-refractivity contribution in [3.8, 4) is 5.75 Å². The van der Waals surface area contributed by atoms with E-state index in [4.69, 9.17) is 22.1 Å². The van der Waals surface area contributed by atoms with Gasteiger partial charge in [-0.25, -0.2) is 0 Å². The van der Waals surface area contributed by atoms with E-state index in [1.165, 1.54) is 0 Å². The molecule has 0 aliphatic heterocycles. The van der Waals surface area contributed by atoms with Crippen LogP contribution in [0.15, 0.2) is 48.5 Å². The Morgan fingerprint density at radius 2 is 1.95 bits per heavy atom. The van der Waals surface area contributed by atoms with E-state index in [-0.39, 0.29) is 5.91 Å². The van der Waals surface area contributed by atoms with Crippen molar-refractivity contribution in [3.63, 3.8) is 0 Å². The fourth-order valence-corrected chi connectivity index (χ4v) is 1.93. The summed E-state index contributed by atoms with van der Waals surface area (Å²) in [5, 5.41) is 0.446. The molecular formula is C16H17ClN2O2. The number of carbonyl (C=O) groups excluding carboxylic acids is 1. The number of amides is 1. The highest BCUT2D eigenvalue weighted by Crippen LogP contribution is 2.20. The van der Waals surface area contributed by atoms with Crippen molar-refractivity contribution >= 4 is 23.2 Å². The summed E-state index contributed by atoms with van der Waals surface area (Å²) in [4.78, 5) is 13.8. The number of nitrogen functional groups attached to an aromatic ring is 1. The molecule has 2 rings (SSSR count). The number of ether oxygens (including phenoxy) is 1. The number of para-hydroxylation sites is 1. The van der Waals surface area contributed by atoms with Crippen molar-refractivity contribution in [2.45, 2.75) is 0 Å². The van der Waals surface area contributed by atoms with Crippen LogP contribution in [-0.2, 0) is 0 Å². The first-order chi connectivity index (χ1) is 10.1. The van der Waals surface area contributed by atoms with Crippen LogP contribution in [0.2, 0.25) is 5.02 Å². The van der Waals surface area contributed by atoms with Crippen LogP contribution in [0.25, 0.3) is 0 Å². The van der Waals surface area contributed by atoms with Gasteiger partial charge >= 0.3 is 0 Å². The van der Waals surface area contributed by atoms with Gasteiger partial charge in [-0.15, -0.1) is 0 Å². The lowest BCUT2D eigenvalue weighted by molar-refractivity contribution is 0.0774. The summed E-state index contributed by atoms with van der Waals surface area (Å²) in [7, 11) is 1.72. The number of nitrogens with two attached hydrogens (primary N) is 1. The molecule has 0 saturated heterocycles. The Kier molecular flexibility index (Phi) is 5.06. The average Bonchev–Trinajstić information content (AvgIpc) is 2.50. The van der Waals surface area contributed by atoms with Crippen LogP contribution in [0, 0.1) is 0 Å². The van der Waals surface area contributed by atoms with Gasteiger partial charge in [0.05, 0.1) is 17.3 Å². The largest absolute Gasteiger partial charge is 0.492 e. The Labute approximate surface area is 129 Å². The van der Waals surface area contributed by atoms with E-state index in [0.29, 0.717) is 29.4 Å². The van der Waals surface area contributed by atoms with E-state index >= 15 is 0 Å². The average molecular weight is 305 g/mol. The van der Waals surface area contributed by atoms with Crippen molar-refractivity contribution in [1.29, 1.82) is 0 Å². The maximum Gasteiger partial charge on any atom is 0.253 e. The Bertz CT molecular complexity index is 617. The van der Waals surface area contributed by atoms with Gasteiger partial charge in [0.1, 0.15) is 12.4 Å². The lowest BCUT2D eigenvalue weighted by Crippen LogP contribution is -2.30. The van der Waals surface area contributed by atoms with Crippen molar-refractivity contribution in [2.75, 3.05) is 25.9 Å². The summed E-state index contributed by atoms with van der Waals surface area (Å²) < 4.78 is 5.57. The van der Waals surface area contributed by atoms with Crippen LogP contribution in [0.5, 0.6) is 5.75 Å². The molecule has 0 radical (unpaired) electrons. The van der Waals surface area contributed by atoms with Gasteiger partial charge in [0.2, 0.25) is 0 Å². The van der Waals surface area contributed by atoms with Crippen molar-refractivity contribution < 1.29 is 9.53 Å². The van der Waals surface area contributed by atoms with Gasteiger partial charge in [-0.2, -0.15) is 0 Å². The SMILES string of the molecule is CN(CCOc1ccccc1)C(=O)c1ccc(Cl)c(N)c1. The summed E-state index contributed by atoms with van der Waals surface area (Å²) in [5.74, 6) is 0.670. The molecule has 110 valence electrons. The molecule has 2 aromatic rings. The summed E-state index contributed by atoms with van der Waals surface area (Å²) in [6.07, 6.45) is 0. The number of anilines is 1. The number of carbonyl (C=O) groups is 1. The molecule has 2 N–H and O–H groups in total. The van der Waals surface area contributed by atoms with Crippen molar-refractivity contribution in [2.24, 2.45) is 0 Å². The first-order valence-corrected chi connectivity index (χ1v) is 6.94. The molecule has 2 aromatic carbocycles.